The quantitative estimate of drug-likeness (QED) is 0.762. The van der Waals surface area contributed by atoms with Gasteiger partial charge in [0.05, 0.1) is 0 Å². The molecule has 27 heavy (non-hydrogen) atoms. The number of unbranched alkanes of at least 4 members (excludes halogenated alkanes) is 1. The van der Waals surface area contributed by atoms with Crippen molar-refractivity contribution in [3.05, 3.63) is 26.9 Å². The summed E-state index contributed by atoms with van der Waals surface area (Å²) in [6, 6.07) is 1.35. The first-order valence-electron chi connectivity index (χ1n) is 10.2. The number of carbonyl (C=O) groups excluding carboxylic acids is 1. The molecule has 0 unspecified atom stereocenters. The highest BCUT2D eigenvalue weighted by atomic mass is 16.2. The van der Waals surface area contributed by atoms with E-state index in [0.29, 0.717) is 25.3 Å². The number of amides is 1. The van der Waals surface area contributed by atoms with Crippen LogP contribution in [0.25, 0.3) is 0 Å². The molecule has 2 rings (SSSR count). The summed E-state index contributed by atoms with van der Waals surface area (Å²) in [5, 5.41) is 0. The van der Waals surface area contributed by atoms with Gasteiger partial charge in [-0.2, -0.15) is 0 Å². The van der Waals surface area contributed by atoms with Crippen LogP contribution in [-0.2, 0) is 4.79 Å². The van der Waals surface area contributed by atoms with E-state index in [-0.39, 0.29) is 29.2 Å². The van der Waals surface area contributed by atoms with Gasteiger partial charge in [0.2, 0.25) is 5.91 Å². The summed E-state index contributed by atoms with van der Waals surface area (Å²) in [4.78, 5) is 41.9. The first-order valence-corrected chi connectivity index (χ1v) is 10.2. The van der Waals surface area contributed by atoms with E-state index in [2.05, 4.69) is 11.8 Å². The van der Waals surface area contributed by atoms with Gasteiger partial charge in [-0.3, -0.25) is 18.7 Å². The predicted octanol–water partition coefficient (Wildman–Crippen LogP) is 2.40. The summed E-state index contributed by atoms with van der Waals surface area (Å²) in [5.74, 6) is 0.870. The molecule has 1 aromatic rings. The molecule has 1 saturated heterocycles. The fourth-order valence-corrected chi connectivity index (χ4v) is 3.64. The number of aromatic nitrogens is 2. The van der Waals surface area contributed by atoms with Crippen LogP contribution >= 0.6 is 0 Å². The minimum absolute atomic E-state index is 0.0522. The molecule has 0 aliphatic carbocycles. The fraction of sp³-hybridized carbons (Fsp3) is 0.750. The van der Waals surface area contributed by atoms with Gasteiger partial charge < -0.3 is 9.80 Å². The Morgan fingerprint density at radius 2 is 1.67 bits per heavy atom. The summed E-state index contributed by atoms with van der Waals surface area (Å²) in [6.07, 6.45) is 3.35. The molecular formula is C20H34N4O3. The van der Waals surface area contributed by atoms with Crippen molar-refractivity contribution in [2.24, 2.45) is 0 Å². The molecule has 0 N–H and O–H groups in total. The Balaban J connectivity index is 2.32. The minimum atomic E-state index is -0.262. The number of hydrogen-bond acceptors (Lipinski definition) is 4. The van der Waals surface area contributed by atoms with Gasteiger partial charge in [-0.25, -0.2) is 4.79 Å². The monoisotopic (exact) mass is 378 g/mol. The van der Waals surface area contributed by atoms with Gasteiger partial charge in [-0.1, -0.05) is 13.3 Å². The molecule has 0 aromatic carbocycles. The average molecular weight is 379 g/mol. The molecule has 1 fully saturated rings. The van der Waals surface area contributed by atoms with Gasteiger partial charge >= 0.3 is 5.69 Å². The van der Waals surface area contributed by atoms with E-state index in [0.717, 1.165) is 32.4 Å². The molecule has 7 heteroatoms. The number of rotatable bonds is 6. The zero-order valence-corrected chi connectivity index (χ0v) is 17.4. The highest BCUT2D eigenvalue weighted by Gasteiger charge is 2.23. The van der Waals surface area contributed by atoms with Crippen molar-refractivity contribution >= 4 is 11.7 Å². The van der Waals surface area contributed by atoms with Crippen LogP contribution in [0.3, 0.4) is 0 Å². The van der Waals surface area contributed by atoms with Crippen molar-refractivity contribution in [2.75, 3.05) is 31.1 Å². The van der Waals surface area contributed by atoms with Crippen molar-refractivity contribution < 1.29 is 4.79 Å². The molecule has 1 aliphatic heterocycles. The second-order valence-electron chi connectivity index (χ2n) is 7.88. The van der Waals surface area contributed by atoms with E-state index in [9.17, 15) is 14.4 Å². The highest BCUT2D eigenvalue weighted by molar-refractivity contribution is 5.76. The third-order valence-electron chi connectivity index (χ3n) is 5.10. The summed E-state index contributed by atoms with van der Waals surface area (Å²) in [6.45, 7) is 12.4. The van der Waals surface area contributed by atoms with Crippen LogP contribution in [0.4, 0.5) is 5.82 Å². The first-order chi connectivity index (χ1) is 12.8. The highest BCUT2D eigenvalue weighted by Crippen LogP contribution is 2.18. The number of carbonyl (C=O) groups is 1. The zero-order chi connectivity index (χ0) is 20.1. The summed E-state index contributed by atoms with van der Waals surface area (Å²) in [5.41, 5.74) is -0.523. The Morgan fingerprint density at radius 1 is 1.00 bits per heavy atom. The van der Waals surface area contributed by atoms with Gasteiger partial charge in [0.15, 0.2) is 0 Å². The second kappa shape index (κ2) is 9.24. The lowest BCUT2D eigenvalue weighted by Gasteiger charge is -2.28. The molecule has 1 aliphatic rings. The predicted molar refractivity (Wildman–Crippen MR) is 109 cm³/mol. The molecule has 152 valence electrons. The standard InChI is InChI=1S/C20H34N4O3/c1-6-7-9-18(25)22-11-8-10-21(12-13-22)17-14-19(26)24(16(4)5)20(27)23(17)15(2)3/h14-16H,6-13H2,1-5H3. The molecule has 0 saturated carbocycles. The molecule has 0 radical (unpaired) electrons. The summed E-state index contributed by atoms with van der Waals surface area (Å²) in [7, 11) is 0. The molecule has 0 spiro atoms. The van der Waals surface area contributed by atoms with Crippen LogP contribution in [0.15, 0.2) is 15.7 Å². The Kier molecular flexibility index (Phi) is 7.27. The van der Waals surface area contributed by atoms with Gasteiger partial charge in [0.1, 0.15) is 5.82 Å². The van der Waals surface area contributed by atoms with Crippen LogP contribution < -0.4 is 16.1 Å². The fourth-order valence-electron chi connectivity index (χ4n) is 3.64. The number of nitrogens with zero attached hydrogens (tertiary/aromatic N) is 4. The Morgan fingerprint density at radius 3 is 2.26 bits per heavy atom. The Bertz CT molecular complexity index is 763. The first kappa shape index (κ1) is 21.3. The Hall–Kier alpha value is -2.05. The topological polar surface area (TPSA) is 67.6 Å². The molecule has 7 nitrogen and oxygen atoms in total. The second-order valence-corrected chi connectivity index (χ2v) is 7.88. The normalized spacial score (nSPS) is 15.5. The maximum Gasteiger partial charge on any atom is 0.333 e. The van der Waals surface area contributed by atoms with Crippen molar-refractivity contribution in [3.63, 3.8) is 0 Å². The van der Waals surface area contributed by atoms with E-state index in [1.165, 1.54) is 4.57 Å². The Labute approximate surface area is 161 Å². The largest absolute Gasteiger partial charge is 0.356 e. The lowest BCUT2D eigenvalue weighted by atomic mass is 10.2. The van der Waals surface area contributed by atoms with E-state index >= 15 is 0 Å². The van der Waals surface area contributed by atoms with E-state index < -0.39 is 0 Å². The zero-order valence-electron chi connectivity index (χ0n) is 17.4. The molecule has 0 atom stereocenters. The van der Waals surface area contributed by atoms with Crippen LogP contribution in [-0.4, -0.2) is 46.1 Å². The smallest absolute Gasteiger partial charge is 0.333 e. The van der Waals surface area contributed by atoms with Gasteiger partial charge in [0, 0.05) is 50.7 Å². The number of hydrogen-bond donors (Lipinski definition) is 0. The lowest BCUT2D eigenvalue weighted by molar-refractivity contribution is -0.131. The van der Waals surface area contributed by atoms with Crippen LogP contribution in [0.2, 0.25) is 0 Å². The molecule has 1 amide bonds. The molecule has 1 aromatic heterocycles. The molecular weight excluding hydrogens is 344 g/mol. The van der Waals surface area contributed by atoms with Gasteiger partial charge in [0.25, 0.3) is 5.56 Å². The molecule has 2 heterocycles. The third kappa shape index (κ3) is 4.82. The van der Waals surface area contributed by atoms with E-state index in [1.807, 2.05) is 32.6 Å². The average Bonchev–Trinajstić information content (AvgIpc) is 2.84. The van der Waals surface area contributed by atoms with Crippen molar-refractivity contribution in [1.29, 1.82) is 0 Å². The summed E-state index contributed by atoms with van der Waals surface area (Å²) < 4.78 is 3.01. The van der Waals surface area contributed by atoms with Crippen molar-refractivity contribution in [3.8, 4) is 0 Å². The lowest BCUT2D eigenvalue weighted by Crippen LogP contribution is -2.45. The van der Waals surface area contributed by atoms with Crippen LogP contribution in [0.5, 0.6) is 0 Å². The van der Waals surface area contributed by atoms with Gasteiger partial charge in [-0.05, 0) is 40.5 Å². The van der Waals surface area contributed by atoms with Crippen LogP contribution in [0, 0.1) is 0 Å². The summed E-state index contributed by atoms with van der Waals surface area (Å²) >= 11 is 0. The van der Waals surface area contributed by atoms with E-state index in [1.54, 1.807) is 10.6 Å². The van der Waals surface area contributed by atoms with Crippen molar-refractivity contribution in [1.82, 2.24) is 14.0 Å². The SMILES string of the molecule is CCCCC(=O)N1CCCN(c2cc(=O)n(C(C)C)c(=O)n2C(C)C)CC1. The number of anilines is 1. The van der Waals surface area contributed by atoms with Crippen LogP contribution in [0.1, 0.15) is 72.4 Å². The molecule has 0 bridgehead atoms. The third-order valence-corrected chi connectivity index (χ3v) is 5.10. The van der Waals surface area contributed by atoms with Gasteiger partial charge in [-0.15, -0.1) is 0 Å². The van der Waals surface area contributed by atoms with Crippen molar-refractivity contribution in [2.45, 2.75) is 72.4 Å². The minimum Gasteiger partial charge on any atom is -0.356 e. The maximum absolute atomic E-state index is 12.9. The maximum atomic E-state index is 12.9. The van der Waals surface area contributed by atoms with E-state index in [4.69, 9.17) is 0 Å².